The number of nitrogens with one attached hydrogen (secondary N) is 1. The molecule has 296 valence electrons. The number of phosphoric acid groups is 1. The fourth-order valence-electron chi connectivity index (χ4n) is 5.72. The molecule has 0 aliphatic heterocycles. The van der Waals surface area contributed by atoms with E-state index in [0.717, 1.165) is 32.1 Å². The second-order valence-corrected chi connectivity index (χ2v) is 15.3. The van der Waals surface area contributed by atoms with Crippen molar-refractivity contribution in [2.24, 2.45) is 0 Å². The van der Waals surface area contributed by atoms with E-state index >= 15 is 0 Å². The van der Waals surface area contributed by atoms with Crippen molar-refractivity contribution in [3.05, 3.63) is 12.2 Å². The normalized spacial score (nSPS) is 13.4. The topological polar surface area (TPSA) is 120 Å². The van der Waals surface area contributed by atoms with Crippen LogP contribution >= 0.6 is 7.82 Å². The molecule has 0 bridgehead atoms. The summed E-state index contributed by atoms with van der Waals surface area (Å²) in [5.74, 6) is -0.804. The molecule has 10 heteroatoms. The zero-order valence-electron chi connectivity index (χ0n) is 32.6. The van der Waals surface area contributed by atoms with Crippen LogP contribution in [0.25, 0.3) is 0 Å². The molecular weight excluding hydrogens is 653 g/mol. The number of likely N-dealkylation sites (N-methyl/N-ethyl adjacent to an activating group) is 1. The third-order valence-electron chi connectivity index (χ3n) is 8.89. The van der Waals surface area contributed by atoms with Gasteiger partial charge in [-0.15, -0.1) is 0 Å². The highest BCUT2D eigenvalue weighted by Gasteiger charge is 2.26. The molecule has 0 saturated heterocycles. The molecule has 0 spiro atoms. The van der Waals surface area contributed by atoms with Crippen LogP contribution in [0.1, 0.15) is 194 Å². The number of allylic oxidation sites excluding steroid dienone is 2. The SMILES string of the molecule is CCCCCC/C=C\CCCCCCCCCC(=O)OCC(COP(=O)(O)OCCNC)OC(=O)CCCCCCCCCCCCCCC. The summed E-state index contributed by atoms with van der Waals surface area (Å²) in [6.07, 6.45) is 35.3. The Morgan fingerprint density at radius 2 is 1.02 bits per heavy atom. The van der Waals surface area contributed by atoms with Crippen molar-refractivity contribution in [3.63, 3.8) is 0 Å². The third kappa shape index (κ3) is 36.5. The van der Waals surface area contributed by atoms with Gasteiger partial charge in [0.05, 0.1) is 13.2 Å². The van der Waals surface area contributed by atoms with Gasteiger partial charge in [-0.05, 0) is 45.6 Å². The van der Waals surface area contributed by atoms with Gasteiger partial charge in [-0.1, -0.05) is 154 Å². The lowest BCUT2D eigenvalue weighted by Crippen LogP contribution is -2.29. The zero-order valence-corrected chi connectivity index (χ0v) is 33.5. The molecule has 0 amide bonds. The molecule has 0 radical (unpaired) electrons. The van der Waals surface area contributed by atoms with Gasteiger partial charge >= 0.3 is 19.8 Å². The molecule has 2 unspecified atom stereocenters. The molecule has 0 aliphatic carbocycles. The second kappa shape index (κ2) is 37.5. The Kier molecular flexibility index (Phi) is 36.6. The maximum Gasteiger partial charge on any atom is 0.472 e. The first-order valence-electron chi connectivity index (χ1n) is 20.6. The fraction of sp³-hybridized carbons (Fsp3) is 0.900. The highest BCUT2D eigenvalue weighted by atomic mass is 31.2. The standard InChI is InChI=1S/C40H78NO8P/c1-4-6-8-10-12-14-16-18-19-21-22-24-26-28-30-32-39(42)46-36-38(37-48-50(44,45)47-35-34-41-3)49-40(43)33-31-29-27-25-23-20-17-15-13-11-9-7-5-2/h14,16,38,41H,4-13,15,17-37H2,1-3H3,(H,44,45)/b16-14-. The third-order valence-corrected chi connectivity index (χ3v) is 9.87. The van der Waals surface area contributed by atoms with E-state index in [4.69, 9.17) is 18.5 Å². The molecule has 0 aliphatic rings. The van der Waals surface area contributed by atoms with Gasteiger partial charge in [-0.3, -0.25) is 18.6 Å². The van der Waals surface area contributed by atoms with E-state index in [-0.39, 0.29) is 32.0 Å². The van der Waals surface area contributed by atoms with Gasteiger partial charge in [0, 0.05) is 19.4 Å². The molecule has 0 fully saturated rings. The number of esters is 2. The number of ether oxygens (including phenoxy) is 2. The van der Waals surface area contributed by atoms with Crippen LogP contribution in [0.3, 0.4) is 0 Å². The monoisotopic (exact) mass is 732 g/mol. The van der Waals surface area contributed by atoms with Crippen LogP contribution in [0.5, 0.6) is 0 Å². The lowest BCUT2D eigenvalue weighted by molar-refractivity contribution is -0.161. The Labute approximate surface area is 307 Å². The quantitative estimate of drug-likeness (QED) is 0.0275. The van der Waals surface area contributed by atoms with E-state index < -0.39 is 26.5 Å². The Hall–Kier alpha value is -1.25. The van der Waals surface area contributed by atoms with Crippen LogP contribution in [0.4, 0.5) is 0 Å². The Morgan fingerprint density at radius 1 is 0.600 bits per heavy atom. The Balaban J connectivity index is 4.23. The van der Waals surface area contributed by atoms with Gasteiger partial charge in [-0.2, -0.15) is 0 Å². The van der Waals surface area contributed by atoms with Crippen LogP contribution in [0, 0.1) is 0 Å². The molecule has 0 rings (SSSR count). The second-order valence-electron chi connectivity index (χ2n) is 13.8. The van der Waals surface area contributed by atoms with Crippen molar-refractivity contribution in [1.29, 1.82) is 0 Å². The summed E-state index contributed by atoms with van der Waals surface area (Å²) in [6, 6.07) is 0. The molecular formula is C40H78NO8P. The first kappa shape index (κ1) is 48.8. The van der Waals surface area contributed by atoms with E-state index in [9.17, 15) is 19.0 Å². The van der Waals surface area contributed by atoms with Crippen LogP contribution in [0.15, 0.2) is 12.2 Å². The predicted octanol–water partition coefficient (Wildman–Crippen LogP) is 11.3. The number of hydrogen-bond acceptors (Lipinski definition) is 8. The average Bonchev–Trinajstić information content (AvgIpc) is 3.09. The van der Waals surface area contributed by atoms with Crippen LogP contribution in [0.2, 0.25) is 0 Å². The van der Waals surface area contributed by atoms with Crippen LogP contribution in [-0.2, 0) is 32.7 Å². The summed E-state index contributed by atoms with van der Waals surface area (Å²) in [7, 11) is -2.64. The predicted molar refractivity (Wildman–Crippen MR) is 206 cm³/mol. The van der Waals surface area contributed by atoms with E-state index in [1.807, 2.05) is 0 Å². The molecule has 2 N–H and O–H groups in total. The minimum atomic E-state index is -4.34. The number of rotatable bonds is 39. The van der Waals surface area contributed by atoms with Crippen molar-refractivity contribution in [2.45, 2.75) is 200 Å². The smallest absolute Gasteiger partial charge is 0.462 e. The van der Waals surface area contributed by atoms with E-state index in [1.54, 1.807) is 7.05 Å². The van der Waals surface area contributed by atoms with Gasteiger partial charge < -0.3 is 19.7 Å². The van der Waals surface area contributed by atoms with Gasteiger partial charge in [0.15, 0.2) is 6.10 Å². The lowest BCUT2D eigenvalue weighted by Gasteiger charge is -2.20. The van der Waals surface area contributed by atoms with Crippen molar-refractivity contribution >= 4 is 19.8 Å². The summed E-state index contributed by atoms with van der Waals surface area (Å²) in [5, 5.41) is 2.82. The zero-order chi connectivity index (χ0) is 36.8. The van der Waals surface area contributed by atoms with Crippen molar-refractivity contribution in [2.75, 3.05) is 33.4 Å². The molecule has 0 heterocycles. The van der Waals surface area contributed by atoms with E-state index in [1.165, 1.54) is 128 Å². The number of carbonyl (C=O) groups excluding carboxylic acids is 2. The Morgan fingerprint density at radius 3 is 1.50 bits per heavy atom. The molecule has 0 saturated carbocycles. The Bertz CT molecular complexity index is 840. The van der Waals surface area contributed by atoms with Crippen molar-refractivity contribution in [1.82, 2.24) is 5.32 Å². The van der Waals surface area contributed by atoms with Crippen molar-refractivity contribution in [3.8, 4) is 0 Å². The summed E-state index contributed by atoms with van der Waals surface area (Å²) in [4.78, 5) is 34.9. The molecule has 50 heavy (non-hydrogen) atoms. The summed E-state index contributed by atoms with van der Waals surface area (Å²) < 4.78 is 33.1. The first-order valence-corrected chi connectivity index (χ1v) is 22.1. The summed E-state index contributed by atoms with van der Waals surface area (Å²) >= 11 is 0. The molecule has 0 aromatic rings. The highest BCUT2D eigenvalue weighted by molar-refractivity contribution is 7.47. The van der Waals surface area contributed by atoms with Gasteiger partial charge in [0.25, 0.3) is 0 Å². The number of unbranched alkanes of at least 4 members (excludes halogenated alkanes) is 23. The fourth-order valence-corrected chi connectivity index (χ4v) is 6.48. The number of phosphoric ester groups is 1. The number of carbonyl (C=O) groups is 2. The molecule has 0 aromatic carbocycles. The summed E-state index contributed by atoms with van der Waals surface area (Å²) in [5.41, 5.74) is 0. The maximum atomic E-state index is 12.6. The lowest BCUT2D eigenvalue weighted by atomic mass is 10.0. The minimum absolute atomic E-state index is 0.0145. The van der Waals surface area contributed by atoms with E-state index in [2.05, 4.69) is 31.3 Å². The van der Waals surface area contributed by atoms with Gasteiger partial charge in [0.1, 0.15) is 6.61 Å². The van der Waals surface area contributed by atoms with Crippen LogP contribution < -0.4 is 5.32 Å². The maximum absolute atomic E-state index is 12.6. The number of hydrogen-bond donors (Lipinski definition) is 2. The summed E-state index contributed by atoms with van der Waals surface area (Å²) in [6.45, 7) is 4.22. The largest absolute Gasteiger partial charge is 0.472 e. The first-order chi connectivity index (χ1) is 24.3. The molecule has 2 atom stereocenters. The highest BCUT2D eigenvalue weighted by Crippen LogP contribution is 2.43. The van der Waals surface area contributed by atoms with Crippen LogP contribution in [-0.4, -0.2) is 56.3 Å². The minimum Gasteiger partial charge on any atom is -0.462 e. The van der Waals surface area contributed by atoms with Gasteiger partial charge in [-0.25, -0.2) is 4.57 Å². The van der Waals surface area contributed by atoms with E-state index in [0.29, 0.717) is 13.0 Å². The molecule has 9 nitrogen and oxygen atoms in total. The average molecular weight is 732 g/mol. The van der Waals surface area contributed by atoms with Crippen molar-refractivity contribution < 1.29 is 37.6 Å². The molecule has 0 aromatic heterocycles. The van der Waals surface area contributed by atoms with Gasteiger partial charge in [0.2, 0.25) is 0 Å².